The van der Waals surface area contributed by atoms with E-state index in [2.05, 4.69) is 5.32 Å². The molecule has 1 fully saturated rings. The molecule has 0 aromatic heterocycles. The number of nitrogens with zero attached hydrogens (tertiary/aromatic N) is 1. The van der Waals surface area contributed by atoms with Crippen molar-refractivity contribution >= 4 is 5.91 Å². The van der Waals surface area contributed by atoms with Crippen molar-refractivity contribution in [2.75, 3.05) is 20.1 Å². The quantitative estimate of drug-likeness (QED) is 0.700. The third-order valence-corrected chi connectivity index (χ3v) is 3.10. The number of phenols is 2. The van der Waals surface area contributed by atoms with Gasteiger partial charge in [0, 0.05) is 25.2 Å². The van der Waals surface area contributed by atoms with E-state index in [0.29, 0.717) is 19.1 Å². The molecule has 3 N–H and O–H groups in total. The van der Waals surface area contributed by atoms with Gasteiger partial charge >= 0.3 is 0 Å². The number of nitrogens with one attached hydrogen (secondary N) is 1. The number of carbonyl (C=O) groups is 1. The number of rotatable bonds is 2. The molecule has 1 aliphatic rings. The van der Waals surface area contributed by atoms with Crippen molar-refractivity contribution in [3.05, 3.63) is 23.8 Å². The highest BCUT2D eigenvalue weighted by molar-refractivity contribution is 5.97. The maximum atomic E-state index is 12.1. The van der Waals surface area contributed by atoms with Crippen LogP contribution in [0.15, 0.2) is 18.2 Å². The van der Waals surface area contributed by atoms with Crippen LogP contribution < -0.4 is 5.32 Å². The second kappa shape index (κ2) is 4.63. The number of likely N-dealkylation sites (N-methyl/N-ethyl adjacent to an activating group) is 1. The second-order valence-corrected chi connectivity index (χ2v) is 4.23. The SMILES string of the molecule is CNC1CCN(C(=O)c2ccc(O)cc2O)C1. The summed E-state index contributed by atoms with van der Waals surface area (Å²) in [7, 11) is 1.87. The lowest BCUT2D eigenvalue weighted by molar-refractivity contribution is 0.0786. The molecule has 1 aromatic carbocycles. The van der Waals surface area contributed by atoms with Crippen LogP contribution in [0, 0.1) is 0 Å². The Morgan fingerprint density at radius 2 is 2.24 bits per heavy atom. The van der Waals surface area contributed by atoms with Crippen molar-refractivity contribution in [1.29, 1.82) is 0 Å². The topological polar surface area (TPSA) is 72.8 Å². The fraction of sp³-hybridized carbons (Fsp3) is 0.417. The van der Waals surface area contributed by atoms with E-state index in [1.807, 2.05) is 7.05 Å². The van der Waals surface area contributed by atoms with Crippen LogP contribution in [0.2, 0.25) is 0 Å². The number of amides is 1. The average molecular weight is 236 g/mol. The molecule has 1 aliphatic heterocycles. The van der Waals surface area contributed by atoms with E-state index in [-0.39, 0.29) is 23.0 Å². The zero-order valence-corrected chi connectivity index (χ0v) is 9.68. The third kappa shape index (κ3) is 2.34. The highest BCUT2D eigenvalue weighted by Gasteiger charge is 2.27. The van der Waals surface area contributed by atoms with Crippen LogP contribution in [0.1, 0.15) is 16.8 Å². The molecule has 5 nitrogen and oxygen atoms in total. The van der Waals surface area contributed by atoms with E-state index in [4.69, 9.17) is 5.11 Å². The highest BCUT2D eigenvalue weighted by atomic mass is 16.3. The molecule has 0 saturated carbocycles. The van der Waals surface area contributed by atoms with Gasteiger partial charge in [-0.1, -0.05) is 0 Å². The van der Waals surface area contributed by atoms with Gasteiger partial charge in [0.25, 0.3) is 5.91 Å². The predicted octanol–water partition coefficient (Wildman–Crippen LogP) is 0.532. The Labute approximate surface area is 99.7 Å². The minimum Gasteiger partial charge on any atom is -0.508 e. The molecule has 0 radical (unpaired) electrons. The summed E-state index contributed by atoms with van der Waals surface area (Å²) >= 11 is 0. The Hall–Kier alpha value is -1.75. The summed E-state index contributed by atoms with van der Waals surface area (Å²) in [5.41, 5.74) is 0.236. The van der Waals surface area contributed by atoms with Crippen LogP contribution in [0.5, 0.6) is 11.5 Å². The molecule has 0 bridgehead atoms. The van der Waals surface area contributed by atoms with Gasteiger partial charge < -0.3 is 20.4 Å². The van der Waals surface area contributed by atoms with Crippen molar-refractivity contribution in [3.63, 3.8) is 0 Å². The predicted molar refractivity (Wildman–Crippen MR) is 63.1 cm³/mol. The number of hydrogen-bond acceptors (Lipinski definition) is 4. The Bertz CT molecular complexity index is 434. The summed E-state index contributed by atoms with van der Waals surface area (Å²) in [6, 6.07) is 4.34. The van der Waals surface area contributed by atoms with Gasteiger partial charge in [0.15, 0.2) is 0 Å². The van der Waals surface area contributed by atoms with E-state index in [0.717, 1.165) is 6.42 Å². The summed E-state index contributed by atoms with van der Waals surface area (Å²) in [4.78, 5) is 13.8. The highest BCUT2D eigenvalue weighted by Crippen LogP contribution is 2.25. The summed E-state index contributed by atoms with van der Waals surface area (Å²) in [6.45, 7) is 1.33. The molecule has 0 aliphatic carbocycles. The van der Waals surface area contributed by atoms with Gasteiger partial charge in [0.1, 0.15) is 11.5 Å². The summed E-state index contributed by atoms with van der Waals surface area (Å²) in [5.74, 6) is -0.420. The van der Waals surface area contributed by atoms with Gasteiger partial charge in [-0.15, -0.1) is 0 Å². The number of likely N-dealkylation sites (tertiary alicyclic amines) is 1. The summed E-state index contributed by atoms with van der Waals surface area (Å²) in [6.07, 6.45) is 0.918. The van der Waals surface area contributed by atoms with Crippen LogP contribution in [-0.2, 0) is 0 Å². The Kier molecular flexibility index (Phi) is 3.19. The fourth-order valence-electron chi connectivity index (χ4n) is 2.05. The van der Waals surface area contributed by atoms with Crippen LogP contribution in [0.3, 0.4) is 0 Å². The minimum atomic E-state index is -0.194. The van der Waals surface area contributed by atoms with E-state index in [1.165, 1.54) is 18.2 Å². The molecule has 1 atom stereocenters. The smallest absolute Gasteiger partial charge is 0.257 e. The summed E-state index contributed by atoms with van der Waals surface area (Å²) < 4.78 is 0. The van der Waals surface area contributed by atoms with Crippen molar-refractivity contribution < 1.29 is 15.0 Å². The molecule has 1 saturated heterocycles. The lowest BCUT2D eigenvalue weighted by Gasteiger charge is -2.17. The lowest BCUT2D eigenvalue weighted by atomic mass is 10.1. The van der Waals surface area contributed by atoms with Crippen molar-refractivity contribution in [2.45, 2.75) is 12.5 Å². The average Bonchev–Trinajstić information content (AvgIpc) is 2.76. The van der Waals surface area contributed by atoms with Gasteiger partial charge in [0.2, 0.25) is 0 Å². The summed E-state index contributed by atoms with van der Waals surface area (Å²) in [5, 5.41) is 21.9. The standard InChI is InChI=1S/C12H16N2O3/c1-13-8-4-5-14(7-8)12(17)10-3-2-9(15)6-11(10)16/h2-3,6,8,13,15-16H,4-5,7H2,1H3. The molecule has 1 heterocycles. The molecule has 92 valence electrons. The monoisotopic (exact) mass is 236 g/mol. The Balaban J connectivity index is 2.15. The molecular formula is C12H16N2O3. The van der Waals surface area contributed by atoms with Crippen LogP contribution in [0.25, 0.3) is 0 Å². The first-order valence-electron chi connectivity index (χ1n) is 5.60. The van der Waals surface area contributed by atoms with E-state index >= 15 is 0 Å². The van der Waals surface area contributed by atoms with Gasteiger partial charge in [-0.3, -0.25) is 4.79 Å². The van der Waals surface area contributed by atoms with E-state index in [9.17, 15) is 9.90 Å². The molecule has 17 heavy (non-hydrogen) atoms. The normalized spacial score (nSPS) is 19.6. The molecule has 1 amide bonds. The molecule has 0 spiro atoms. The third-order valence-electron chi connectivity index (χ3n) is 3.10. The first kappa shape index (κ1) is 11.7. The maximum absolute atomic E-state index is 12.1. The largest absolute Gasteiger partial charge is 0.508 e. The molecule has 1 unspecified atom stereocenters. The number of phenolic OH excluding ortho intramolecular Hbond substituents is 2. The van der Waals surface area contributed by atoms with Crippen LogP contribution >= 0.6 is 0 Å². The number of aromatic hydroxyl groups is 2. The zero-order chi connectivity index (χ0) is 12.4. The fourth-order valence-corrected chi connectivity index (χ4v) is 2.05. The van der Waals surface area contributed by atoms with Crippen molar-refractivity contribution in [3.8, 4) is 11.5 Å². The number of carbonyl (C=O) groups excluding carboxylic acids is 1. The van der Waals surface area contributed by atoms with Gasteiger partial charge in [-0.05, 0) is 25.6 Å². The first-order valence-corrected chi connectivity index (χ1v) is 5.60. The Morgan fingerprint density at radius 1 is 1.47 bits per heavy atom. The first-order chi connectivity index (χ1) is 8.11. The minimum absolute atomic E-state index is 0.0476. The molecule has 1 aromatic rings. The van der Waals surface area contributed by atoms with E-state index in [1.54, 1.807) is 4.90 Å². The molecule has 5 heteroatoms. The Morgan fingerprint density at radius 3 is 2.82 bits per heavy atom. The number of hydrogen-bond donors (Lipinski definition) is 3. The van der Waals surface area contributed by atoms with Crippen molar-refractivity contribution in [1.82, 2.24) is 10.2 Å². The van der Waals surface area contributed by atoms with Crippen molar-refractivity contribution in [2.24, 2.45) is 0 Å². The van der Waals surface area contributed by atoms with Gasteiger partial charge in [-0.25, -0.2) is 0 Å². The second-order valence-electron chi connectivity index (χ2n) is 4.23. The molecular weight excluding hydrogens is 220 g/mol. The maximum Gasteiger partial charge on any atom is 0.257 e. The van der Waals surface area contributed by atoms with E-state index < -0.39 is 0 Å². The molecule has 2 rings (SSSR count). The van der Waals surface area contributed by atoms with Crippen LogP contribution in [-0.4, -0.2) is 47.2 Å². The van der Waals surface area contributed by atoms with Gasteiger partial charge in [0.05, 0.1) is 5.56 Å². The van der Waals surface area contributed by atoms with Gasteiger partial charge in [-0.2, -0.15) is 0 Å². The zero-order valence-electron chi connectivity index (χ0n) is 9.68. The van der Waals surface area contributed by atoms with Crippen LogP contribution in [0.4, 0.5) is 0 Å². The number of benzene rings is 1. The lowest BCUT2D eigenvalue weighted by Crippen LogP contribution is -2.33.